The quantitative estimate of drug-likeness (QED) is 0.730. The number of hydrogen-bond acceptors (Lipinski definition) is 3. The minimum absolute atomic E-state index is 0.0173. The molecule has 0 fully saturated rings. The van der Waals surface area contributed by atoms with Gasteiger partial charge in [0.15, 0.2) is 0 Å². The molecule has 0 aliphatic carbocycles. The Labute approximate surface area is 144 Å². The van der Waals surface area contributed by atoms with Crippen LogP contribution in [0.4, 0.5) is 5.95 Å². The molecule has 1 aromatic heterocycles. The summed E-state index contributed by atoms with van der Waals surface area (Å²) in [5.41, 5.74) is 2.22. The summed E-state index contributed by atoms with van der Waals surface area (Å²) < 4.78 is 1.88. The fourth-order valence-corrected chi connectivity index (χ4v) is 3.59. The third kappa shape index (κ3) is 2.69. The second-order valence-corrected chi connectivity index (χ2v) is 6.40. The van der Waals surface area contributed by atoms with Crippen LogP contribution >= 0.6 is 23.2 Å². The molecule has 0 spiro atoms. The third-order valence-electron chi connectivity index (χ3n) is 4.15. The van der Waals surface area contributed by atoms with Gasteiger partial charge in [0, 0.05) is 10.0 Å². The lowest BCUT2D eigenvalue weighted by molar-refractivity contribution is 0.431. The topological polar surface area (TPSA) is 42.7 Å². The molecule has 2 unspecified atom stereocenters. The van der Waals surface area contributed by atoms with Crippen molar-refractivity contribution in [1.82, 2.24) is 14.8 Å². The van der Waals surface area contributed by atoms with Gasteiger partial charge < -0.3 is 5.32 Å². The van der Waals surface area contributed by atoms with Crippen molar-refractivity contribution in [3.05, 3.63) is 76.0 Å². The molecule has 2 atom stereocenters. The van der Waals surface area contributed by atoms with Crippen LogP contribution in [-0.2, 0) is 0 Å². The Bertz CT molecular complexity index is 832. The molecule has 116 valence electrons. The fourth-order valence-electron chi connectivity index (χ4n) is 3.05. The van der Waals surface area contributed by atoms with Gasteiger partial charge in [0.05, 0.1) is 12.1 Å². The highest BCUT2D eigenvalue weighted by Crippen LogP contribution is 2.39. The Kier molecular flexibility index (Phi) is 3.71. The monoisotopic (exact) mass is 344 g/mol. The standard InChI is InChI=1S/C17H14Cl2N4/c18-12-6-7-13(14(19)8-12)16-9-15(11-4-2-1-3-5-11)22-17-20-10-21-23(16)17/h1-8,10,15-16H,9H2,(H,20,21,22). The maximum absolute atomic E-state index is 6.42. The van der Waals surface area contributed by atoms with Gasteiger partial charge >= 0.3 is 0 Å². The summed E-state index contributed by atoms with van der Waals surface area (Å²) >= 11 is 12.5. The van der Waals surface area contributed by atoms with Gasteiger partial charge in [-0.25, -0.2) is 4.68 Å². The largest absolute Gasteiger partial charge is 0.348 e. The first-order valence-corrected chi connectivity index (χ1v) is 8.14. The molecule has 1 aliphatic rings. The zero-order valence-electron chi connectivity index (χ0n) is 12.2. The molecule has 23 heavy (non-hydrogen) atoms. The predicted octanol–water partition coefficient (Wildman–Crippen LogP) is 4.73. The molecule has 2 heterocycles. The molecule has 6 heteroatoms. The molecule has 0 saturated carbocycles. The van der Waals surface area contributed by atoms with Crippen LogP contribution in [0.1, 0.15) is 29.6 Å². The van der Waals surface area contributed by atoms with Gasteiger partial charge in [-0.2, -0.15) is 10.1 Å². The van der Waals surface area contributed by atoms with Crippen molar-refractivity contribution < 1.29 is 0 Å². The molecule has 1 N–H and O–H groups in total. The van der Waals surface area contributed by atoms with Gasteiger partial charge in [-0.3, -0.25) is 0 Å². The molecule has 2 aromatic carbocycles. The average molecular weight is 345 g/mol. The van der Waals surface area contributed by atoms with Crippen LogP contribution in [0.5, 0.6) is 0 Å². The van der Waals surface area contributed by atoms with Crippen LogP contribution in [0.3, 0.4) is 0 Å². The number of nitrogens with one attached hydrogen (secondary N) is 1. The summed E-state index contributed by atoms with van der Waals surface area (Å²) in [6.45, 7) is 0. The van der Waals surface area contributed by atoms with E-state index in [4.69, 9.17) is 23.2 Å². The van der Waals surface area contributed by atoms with Crippen LogP contribution in [0.15, 0.2) is 54.9 Å². The van der Waals surface area contributed by atoms with E-state index in [9.17, 15) is 0 Å². The lowest BCUT2D eigenvalue weighted by Gasteiger charge is -2.32. The molecule has 4 rings (SSSR count). The maximum Gasteiger partial charge on any atom is 0.222 e. The van der Waals surface area contributed by atoms with Gasteiger partial charge in [0.25, 0.3) is 0 Å². The van der Waals surface area contributed by atoms with Gasteiger partial charge in [-0.15, -0.1) is 0 Å². The predicted molar refractivity (Wildman–Crippen MR) is 92.0 cm³/mol. The zero-order valence-corrected chi connectivity index (χ0v) is 13.7. The Morgan fingerprint density at radius 1 is 1.09 bits per heavy atom. The summed E-state index contributed by atoms with van der Waals surface area (Å²) in [6.07, 6.45) is 2.40. The molecular weight excluding hydrogens is 331 g/mol. The first-order valence-electron chi connectivity index (χ1n) is 7.38. The van der Waals surface area contributed by atoms with Crippen LogP contribution in [0.2, 0.25) is 10.0 Å². The number of nitrogens with zero attached hydrogens (tertiary/aromatic N) is 3. The number of hydrogen-bond donors (Lipinski definition) is 1. The van der Waals surface area contributed by atoms with Crippen LogP contribution < -0.4 is 5.32 Å². The minimum atomic E-state index is 0.0173. The summed E-state index contributed by atoms with van der Waals surface area (Å²) in [7, 11) is 0. The smallest absolute Gasteiger partial charge is 0.222 e. The van der Waals surface area contributed by atoms with Crippen molar-refractivity contribution in [1.29, 1.82) is 0 Å². The van der Waals surface area contributed by atoms with Crippen molar-refractivity contribution in [2.45, 2.75) is 18.5 Å². The molecule has 1 aliphatic heterocycles. The van der Waals surface area contributed by atoms with Crippen molar-refractivity contribution in [2.24, 2.45) is 0 Å². The Morgan fingerprint density at radius 3 is 2.70 bits per heavy atom. The number of anilines is 1. The van der Waals surface area contributed by atoms with Gasteiger partial charge in [-0.1, -0.05) is 59.6 Å². The number of aromatic nitrogens is 3. The number of fused-ring (bicyclic) bond motifs is 1. The van der Waals surface area contributed by atoms with E-state index in [0.717, 1.165) is 17.9 Å². The Balaban J connectivity index is 1.77. The van der Waals surface area contributed by atoms with E-state index in [2.05, 4.69) is 27.5 Å². The highest BCUT2D eigenvalue weighted by molar-refractivity contribution is 6.35. The van der Waals surface area contributed by atoms with Crippen LogP contribution in [-0.4, -0.2) is 14.8 Å². The van der Waals surface area contributed by atoms with E-state index >= 15 is 0 Å². The van der Waals surface area contributed by atoms with E-state index < -0.39 is 0 Å². The fraction of sp³-hybridized carbons (Fsp3) is 0.176. The second-order valence-electron chi connectivity index (χ2n) is 5.55. The minimum Gasteiger partial charge on any atom is -0.348 e. The van der Waals surface area contributed by atoms with Crippen molar-refractivity contribution >= 4 is 29.2 Å². The first-order chi connectivity index (χ1) is 11.2. The highest BCUT2D eigenvalue weighted by atomic mass is 35.5. The maximum atomic E-state index is 6.42. The second kappa shape index (κ2) is 5.87. The normalized spacial score (nSPS) is 19.9. The molecule has 4 nitrogen and oxygen atoms in total. The lowest BCUT2D eigenvalue weighted by Crippen LogP contribution is -2.28. The summed E-state index contributed by atoms with van der Waals surface area (Å²) in [5.74, 6) is 0.751. The summed E-state index contributed by atoms with van der Waals surface area (Å²) in [6, 6.07) is 16.1. The molecule has 3 aromatic rings. The number of rotatable bonds is 2. The van der Waals surface area contributed by atoms with Crippen molar-refractivity contribution in [2.75, 3.05) is 5.32 Å². The molecule has 0 bridgehead atoms. The summed E-state index contributed by atoms with van der Waals surface area (Å²) in [5, 5.41) is 9.08. The third-order valence-corrected chi connectivity index (χ3v) is 4.72. The van der Waals surface area contributed by atoms with E-state index in [1.165, 1.54) is 5.56 Å². The average Bonchev–Trinajstić information content (AvgIpc) is 3.03. The SMILES string of the molecule is Clc1ccc(C2CC(c3ccccc3)Nc3ncnn32)c(Cl)c1. The number of benzene rings is 2. The van der Waals surface area contributed by atoms with E-state index in [-0.39, 0.29) is 12.1 Å². The van der Waals surface area contributed by atoms with E-state index in [0.29, 0.717) is 10.0 Å². The molecular formula is C17H14Cl2N4. The van der Waals surface area contributed by atoms with Gasteiger partial charge in [0.1, 0.15) is 6.33 Å². The van der Waals surface area contributed by atoms with Gasteiger partial charge in [0.2, 0.25) is 5.95 Å². The molecule has 0 amide bonds. The molecule has 0 saturated heterocycles. The highest BCUT2D eigenvalue weighted by Gasteiger charge is 2.30. The van der Waals surface area contributed by atoms with E-state index in [1.54, 1.807) is 12.4 Å². The Morgan fingerprint density at radius 2 is 1.91 bits per heavy atom. The number of halogens is 2. The van der Waals surface area contributed by atoms with Crippen molar-refractivity contribution in [3.63, 3.8) is 0 Å². The van der Waals surface area contributed by atoms with Gasteiger partial charge in [-0.05, 0) is 29.7 Å². The Hall–Kier alpha value is -2.04. The first kappa shape index (κ1) is 14.5. The van der Waals surface area contributed by atoms with Crippen LogP contribution in [0, 0.1) is 0 Å². The molecule has 0 radical (unpaired) electrons. The lowest BCUT2D eigenvalue weighted by atomic mass is 9.93. The zero-order chi connectivity index (χ0) is 15.8. The van der Waals surface area contributed by atoms with Crippen molar-refractivity contribution in [3.8, 4) is 0 Å². The summed E-state index contributed by atoms with van der Waals surface area (Å²) in [4.78, 5) is 4.33. The van der Waals surface area contributed by atoms with E-state index in [1.807, 2.05) is 35.0 Å². The van der Waals surface area contributed by atoms with Crippen LogP contribution in [0.25, 0.3) is 0 Å².